The second-order valence-electron chi connectivity index (χ2n) is 3.30. The van der Waals surface area contributed by atoms with Crippen LogP contribution in [-0.2, 0) is 6.54 Å². The molecule has 0 saturated heterocycles. The first-order chi connectivity index (χ1) is 7.61. The van der Waals surface area contributed by atoms with E-state index in [1.165, 1.54) is 12.1 Å². The Balaban J connectivity index is 2.51. The summed E-state index contributed by atoms with van der Waals surface area (Å²) in [5.41, 5.74) is 6.67. The maximum atomic E-state index is 13.1. The summed E-state index contributed by atoms with van der Waals surface area (Å²) in [6, 6.07) is 2.80. The first-order valence-corrected chi connectivity index (χ1v) is 4.98. The van der Waals surface area contributed by atoms with Gasteiger partial charge in [-0.3, -0.25) is 0 Å². The second kappa shape index (κ2) is 4.19. The lowest BCUT2D eigenvalue weighted by molar-refractivity contribution is 0.380. The lowest BCUT2D eigenvalue weighted by atomic mass is 10.1. The molecule has 1 aromatic carbocycles. The third-order valence-corrected chi connectivity index (χ3v) is 2.44. The van der Waals surface area contributed by atoms with Crippen LogP contribution in [-0.4, -0.2) is 10.1 Å². The fourth-order valence-electron chi connectivity index (χ4n) is 1.33. The van der Waals surface area contributed by atoms with Gasteiger partial charge < -0.3 is 10.3 Å². The molecular formula is C10H9ClFN3O. The van der Waals surface area contributed by atoms with Crippen LogP contribution in [0, 0.1) is 12.7 Å². The second-order valence-corrected chi connectivity index (χ2v) is 3.70. The van der Waals surface area contributed by atoms with E-state index in [0.29, 0.717) is 22.8 Å². The van der Waals surface area contributed by atoms with Gasteiger partial charge in [0.2, 0.25) is 11.7 Å². The van der Waals surface area contributed by atoms with Crippen LogP contribution in [0.15, 0.2) is 16.7 Å². The first-order valence-electron chi connectivity index (χ1n) is 4.60. The van der Waals surface area contributed by atoms with Gasteiger partial charge in [-0.2, -0.15) is 4.98 Å². The van der Waals surface area contributed by atoms with Gasteiger partial charge >= 0.3 is 0 Å². The Labute approximate surface area is 96.2 Å². The number of aryl methyl sites for hydroxylation is 1. The zero-order chi connectivity index (χ0) is 11.7. The number of halogens is 2. The Morgan fingerprint density at radius 1 is 1.50 bits per heavy atom. The summed E-state index contributed by atoms with van der Waals surface area (Å²) in [6.07, 6.45) is 0. The number of benzene rings is 1. The molecule has 2 rings (SSSR count). The molecule has 0 saturated carbocycles. The molecular weight excluding hydrogens is 233 g/mol. The quantitative estimate of drug-likeness (QED) is 0.876. The molecule has 2 N–H and O–H groups in total. The molecule has 84 valence electrons. The predicted molar refractivity (Wildman–Crippen MR) is 57.3 cm³/mol. The summed E-state index contributed by atoms with van der Waals surface area (Å²) < 4.78 is 18.0. The minimum Gasteiger partial charge on any atom is -0.338 e. The Kier molecular flexibility index (Phi) is 2.89. The summed E-state index contributed by atoms with van der Waals surface area (Å²) in [7, 11) is 0. The third kappa shape index (κ3) is 1.91. The van der Waals surface area contributed by atoms with E-state index in [4.69, 9.17) is 21.9 Å². The average molecular weight is 242 g/mol. The largest absolute Gasteiger partial charge is 0.338 e. The van der Waals surface area contributed by atoms with Gasteiger partial charge in [-0.25, -0.2) is 4.39 Å². The molecule has 0 spiro atoms. The molecule has 0 bridgehead atoms. The van der Waals surface area contributed by atoms with Crippen molar-refractivity contribution in [1.29, 1.82) is 0 Å². The van der Waals surface area contributed by atoms with E-state index in [9.17, 15) is 4.39 Å². The van der Waals surface area contributed by atoms with E-state index >= 15 is 0 Å². The van der Waals surface area contributed by atoms with Crippen LogP contribution in [0.3, 0.4) is 0 Å². The number of rotatable bonds is 2. The number of hydrogen-bond acceptors (Lipinski definition) is 4. The SMILES string of the molecule is Cc1cc(F)c(Cl)cc1-c1noc(CN)n1. The molecule has 0 atom stereocenters. The molecule has 0 aliphatic rings. The molecule has 0 amide bonds. The molecule has 0 aliphatic carbocycles. The number of aromatic nitrogens is 2. The van der Waals surface area contributed by atoms with Gasteiger partial charge in [0.25, 0.3) is 0 Å². The van der Waals surface area contributed by atoms with Crippen molar-refractivity contribution in [2.24, 2.45) is 5.73 Å². The van der Waals surface area contributed by atoms with Crippen LogP contribution in [0.4, 0.5) is 4.39 Å². The van der Waals surface area contributed by atoms with Gasteiger partial charge in [0, 0.05) is 5.56 Å². The predicted octanol–water partition coefficient (Wildman–Crippen LogP) is 2.30. The third-order valence-electron chi connectivity index (χ3n) is 2.15. The highest BCUT2D eigenvalue weighted by molar-refractivity contribution is 6.31. The molecule has 2 aromatic rings. The van der Waals surface area contributed by atoms with Gasteiger partial charge in [-0.05, 0) is 24.6 Å². The normalized spacial score (nSPS) is 10.8. The van der Waals surface area contributed by atoms with Crippen LogP contribution in [0.1, 0.15) is 11.5 Å². The Hall–Kier alpha value is -1.46. The molecule has 4 nitrogen and oxygen atoms in total. The summed E-state index contributed by atoms with van der Waals surface area (Å²) in [5, 5.41) is 3.77. The number of nitrogens with two attached hydrogens (primary N) is 1. The van der Waals surface area contributed by atoms with Crippen molar-refractivity contribution < 1.29 is 8.91 Å². The maximum absolute atomic E-state index is 13.1. The molecule has 0 radical (unpaired) electrons. The first kappa shape index (κ1) is 11.0. The zero-order valence-corrected chi connectivity index (χ0v) is 9.25. The summed E-state index contributed by atoms with van der Waals surface area (Å²) in [4.78, 5) is 4.05. The Bertz CT molecular complexity index is 527. The van der Waals surface area contributed by atoms with Gasteiger partial charge in [0.1, 0.15) is 5.82 Å². The van der Waals surface area contributed by atoms with Crippen molar-refractivity contribution in [1.82, 2.24) is 10.1 Å². The van der Waals surface area contributed by atoms with E-state index in [0.717, 1.165) is 0 Å². The highest BCUT2D eigenvalue weighted by Crippen LogP contribution is 2.26. The van der Waals surface area contributed by atoms with Crippen molar-refractivity contribution in [2.45, 2.75) is 13.5 Å². The Morgan fingerprint density at radius 3 is 2.88 bits per heavy atom. The van der Waals surface area contributed by atoms with E-state index in [1.54, 1.807) is 6.92 Å². The summed E-state index contributed by atoms with van der Waals surface area (Å²) in [5.74, 6) is 0.222. The maximum Gasteiger partial charge on any atom is 0.240 e. The van der Waals surface area contributed by atoms with Crippen molar-refractivity contribution >= 4 is 11.6 Å². The minimum absolute atomic E-state index is 0.0275. The summed E-state index contributed by atoms with van der Waals surface area (Å²) >= 11 is 5.69. The average Bonchev–Trinajstić information content (AvgIpc) is 2.71. The van der Waals surface area contributed by atoms with Crippen molar-refractivity contribution in [3.63, 3.8) is 0 Å². The van der Waals surface area contributed by atoms with E-state index in [2.05, 4.69) is 10.1 Å². The molecule has 0 aliphatic heterocycles. The standard InChI is InChI=1S/C10H9ClFN3O/c1-5-2-8(12)7(11)3-6(5)10-14-9(4-13)16-15-10/h2-3H,4,13H2,1H3. The van der Waals surface area contributed by atoms with Crippen LogP contribution < -0.4 is 5.73 Å². The number of nitrogens with zero attached hydrogens (tertiary/aromatic N) is 2. The zero-order valence-electron chi connectivity index (χ0n) is 8.50. The molecule has 0 fully saturated rings. The Morgan fingerprint density at radius 2 is 2.25 bits per heavy atom. The molecule has 6 heteroatoms. The lowest BCUT2D eigenvalue weighted by Crippen LogP contribution is -1.96. The van der Waals surface area contributed by atoms with E-state index < -0.39 is 5.82 Å². The van der Waals surface area contributed by atoms with Gasteiger partial charge in [0.15, 0.2) is 0 Å². The number of hydrogen-bond donors (Lipinski definition) is 1. The van der Waals surface area contributed by atoms with Crippen LogP contribution in [0.5, 0.6) is 0 Å². The molecule has 1 heterocycles. The monoisotopic (exact) mass is 241 g/mol. The topological polar surface area (TPSA) is 64.9 Å². The fourth-order valence-corrected chi connectivity index (χ4v) is 1.50. The molecule has 16 heavy (non-hydrogen) atoms. The van der Waals surface area contributed by atoms with Crippen LogP contribution >= 0.6 is 11.6 Å². The van der Waals surface area contributed by atoms with Gasteiger partial charge in [-0.1, -0.05) is 16.8 Å². The summed E-state index contributed by atoms with van der Waals surface area (Å²) in [6.45, 7) is 1.91. The molecule has 1 aromatic heterocycles. The van der Waals surface area contributed by atoms with E-state index in [-0.39, 0.29) is 11.6 Å². The van der Waals surface area contributed by atoms with Crippen LogP contribution in [0.25, 0.3) is 11.4 Å². The molecule has 0 unspecified atom stereocenters. The fraction of sp³-hybridized carbons (Fsp3) is 0.200. The van der Waals surface area contributed by atoms with Gasteiger partial charge in [0.05, 0.1) is 11.6 Å². The van der Waals surface area contributed by atoms with Gasteiger partial charge in [-0.15, -0.1) is 0 Å². The highest BCUT2D eigenvalue weighted by Gasteiger charge is 2.12. The van der Waals surface area contributed by atoms with Crippen molar-refractivity contribution in [2.75, 3.05) is 0 Å². The van der Waals surface area contributed by atoms with Crippen molar-refractivity contribution in [3.8, 4) is 11.4 Å². The van der Waals surface area contributed by atoms with Crippen molar-refractivity contribution in [3.05, 3.63) is 34.4 Å². The lowest BCUT2D eigenvalue weighted by Gasteiger charge is -2.02. The highest BCUT2D eigenvalue weighted by atomic mass is 35.5. The smallest absolute Gasteiger partial charge is 0.240 e. The minimum atomic E-state index is -0.467. The van der Waals surface area contributed by atoms with E-state index in [1.807, 2.05) is 0 Å². The van der Waals surface area contributed by atoms with Crippen LogP contribution in [0.2, 0.25) is 5.02 Å².